The number of hydrogen-bond acceptors (Lipinski definition) is 8. The lowest BCUT2D eigenvalue weighted by atomic mass is 9.78. The fourth-order valence-electron chi connectivity index (χ4n) is 5.66. The van der Waals surface area contributed by atoms with Gasteiger partial charge in [-0.05, 0) is 59.0 Å². The Morgan fingerprint density at radius 1 is 0.977 bits per heavy atom. The predicted octanol–water partition coefficient (Wildman–Crippen LogP) is 5.90. The lowest BCUT2D eigenvalue weighted by molar-refractivity contribution is -0.384. The van der Waals surface area contributed by atoms with Gasteiger partial charge < -0.3 is 14.8 Å². The highest BCUT2D eigenvalue weighted by atomic mass is 32.1. The Balaban J connectivity index is 1.64. The van der Waals surface area contributed by atoms with Crippen molar-refractivity contribution in [2.24, 2.45) is 5.92 Å². The van der Waals surface area contributed by atoms with Crippen LogP contribution in [0, 0.1) is 21.8 Å². The number of ether oxygens (including phenoxy) is 2. The van der Waals surface area contributed by atoms with E-state index in [4.69, 9.17) is 9.47 Å². The minimum atomic E-state index is -1.18. The fraction of sp³-hybridized carbons (Fsp3) is 0.219. The van der Waals surface area contributed by atoms with Crippen molar-refractivity contribution in [3.63, 3.8) is 0 Å². The maximum atomic E-state index is 14.4. The zero-order chi connectivity index (χ0) is 31.4. The van der Waals surface area contributed by atoms with E-state index in [2.05, 4.69) is 5.32 Å². The molecule has 1 aromatic heterocycles. The number of nitrogens with one attached hydrogen (secondary N) is 1. The van der Waals surface area contributed by atoms with Crippen LogP contribution in [0.2, 0.25) is 0 Å². The summed E-state index contributed by atoms with van der Waals surface area (Å²) in [6.07, 6.45) is -0.812. The minimum absolute atomic E-state index is 0.0515. The highest BCUT2D eigenvalue weighted by Gasteiger charge is 2.58. The van der Waals surface area contributed by atoms with E-state index in [1.54, 1.807) is 48.5 Å². The first-order valence-corrected chi connectivity index (χ1v) is 14.5. The van der Waals surface area contributed by atoms with Gasteiger partial charge in [-0.3, -0.25) is 24.6 Å². The zero-order valence-electron chi connectivity index (χ0n) is 23.7. The number of ketones is 1. The summed E-state index contributed by atoms with van der Waals surface area (Å²) < 4.78 is 24.0. The molecule has 0 saturated carbocycles. The number of carbonyl (C=O) groups excluding carboxylic acids is 3. The molecule has 2 heterocycles. The molecule has 1 aliphatic rings. The lowest BCUT2D eigenvalue weighted by Crippen LogP contribution is -2.48. The highest BCUT2D eigenvalue weighted by molar-refractivity contribution is 7.10. The largest absolute Gasteiger partial charge is 0.497 e. The van der Waals surface area contributed by atoms with Gasteiger partial charge in [0.15, 0.2) is 5.78 Å². The first-order valence-electron chi connectivity index (χ1n) is 13.6. The van der Waals surface area contributed by atoms with Gasteiger partial charge in [0.05, 0.1) is 31.1 Å². The van der Waals surface area contributed by atoms with E-state index in [0.717, 1.165) is 0 Å². The number of nitrogens with zero attached hydrogens (tertiary/aromatic N) is 2. The second-order valence-electron chi connectivity index (χ2n) is 10.1. The molecule has 10 nitrogen and oxygen atoms in total. The Morgan fingerprint density at radius 3 is 2.23 bits per heavy atom. The molecular formula is C32H28FN3O7S. The van der Waals surface area contributed by atoms with Crippen molar-refractivity contribution in [1.29, 1.82) is 0 Å². The van der Waals surface area contributed by atoms with Crippen LogP contribution in [0.4, 0.5) is 14.9 Å². The van der Waals surface area contributed by atoms with Crippen LogP contribution in [0.1, 0.15) is 38.3 Å². The van der Waals surface area contributed by atoms with E-state index in [0.29, 0.717) is 21.8 Å². The number of halogens is 1. The molecule has 4 unspecified atom stereocenters. The number of rotatable bonds is 9. The summed E-state index contributed by atoms with van der Waals surface area (Å²) in [5.74, 6) is -2.59. The second kappa shape index (κ2) is 13.0. The normalized spacial score (nSPS) is 19.3. The Hall–Kier alpha value is -5.10. The van der Waals surface area contributed by atoms with Crippen LogP contribution >= 0.6 is 11.3 Å². The molecule has 44 heavy (non-hydrogen) atoms. The number of non-ortho nitro benzene ring substituents is 1. The number of nitro groups is 1. The fourth-order valence-corrected chi connectivity index (χ4v) is 6.56. The number of amides is 2. The van der Waals surface area contributed by atoms with Crippen LogP contribution in [-0.2, 0) is 16.1 Å². The number of nitro benzene ring substituents is 1. The lowest BCUT2D eigenvalue weighted by Gasteiger charge is -2.30. The number of carbonyl (C=O) groups is 3. The van der Waals surface area contributed by atoms with Crippen LogP contribution in [0.25, 0.3) is 0 Å². The molecule has 226 valence electrons. The second-order valence-corrected chi connectivity index (χ2v) is 11.1. The third kappa shape index (κ3) is 6.02. The van der Waals surface area contributed by atoms with Crippen LogP contribution in [-0.4, -0.2) is 47.9 Å². The Kier molecular flexibility index (Phi) is 9.00. The highest BCUT2D eigenvalue weighted by Crippen LogP contribution is 2.52. The molecule has 1 saturated heterocycles. The third-order valence-electron chi connectivity index (χ3n) is 7.70. The summed E-state index contributed by atoms with van der Waals surface area (Å²) in [7, 11) is 2.72. The molecule has 12 heteroatoms. The monoisotopic (exact) mass is 617 g/mol. The van der Waals surface area contributed by atoms with Crippen LogP contribution in [0.15, 0.2) is 90.3 Å². The van der Waals surface area contributed by atoms with Gasteiger partial charge in [-0.25, -0.2) is 9.18 Å². The quantitative estimate of drug-likeness (QED) is 0.141. The van der Waals surface area contributed by atoms with Crippen molar-refractivity contribution < 1.29 is 33.2 Å². The maximum absolute atomic E-state index is 14.4. The van der Waals surface area contributed by atoms with Crippen LogP contribution in [0.3, 0.4) is 0 Å². The molecule has 4 atom stereocenters. The number of methoxy groups -OCH3 is 2. The van der Waals surface area contributed by atoms with E-state index in [9.17, 15) is 28.9 Å². The summed E-state index contributed by atoms with van der Waals surface area (Å²) in [6, 6.07) is 19.2. The van der Waals surface area contributed by atoms with Crippen molar-refractivity contribution in [1.82, 2.24) is 10.2 Å². The molecule has 1 aliphatic heterocycles. The van der Waals surface area contributed by atoms with Crippen molar-refractivity contribution >= 4 is 34.8 Å². The summed E-state index contributed by atoms with van der Waals surface area (Å²) in [5.41, 5.74) is 1.22. The topological polar surface area (TPSA) is 128 Å². The summed E-state index contributed by atoms with van der Waals surface area (Å²) >= 11 is 1.34. The maximum Gasteiger partial charge on any atom is 0.410 e. The average molecular weight is 618 g/mol. The zero-order valence-corrected chi connectivity index (χ0v) is 24.5. The van der Waals surface area contributed by atoms with E-state index >= 15 is 0 Å². The number of Topliss-reactive ketones (excluding diaryl/α,β-unsaturated/α-hetero) is 1. The van der Waals surface area contributed by atoms with Gasteiger partial charge in [-0.1, -0.05) is 30.3 Å². The molecule has 3 aromatic carbocycles. The first-order chi connectivity index (χ1) is 21.2. The number of benzene rings is 3. The van der Waals surface area contributed by atoms with Gasteiger partial charge in [0.1, 0.15) is 17.6 Å². The van der Waals surface area contributed by atoms with Gasteiger partial charge in [0.25, 0.3) is 5.69 Å². The number of thiophene rings is 1. The smallest absolute Gasteiger partial charge is 0.410 e. The van der Waals surface area contributed by atoms with E-state index < -0.39 is 52.4 Å². The molecule has 2 amide bonds. The van der Waals surface area contributed by atoms with Crippen molar-refractivity contribution in [2.45, 2.75) is 24.5 Å². The first kappa shape index (κ1) is 30.4. The van der Waals surface area contributed by atoms with Crippen molar-refractivity contribution in [2.75, 3.05) is 14.2 Å². The van der Waals surface area contributed by atoms with E-state index in [-0.39, 0.29) is 17.8 Å². The van der Waals surface area contributed by atoms with Gasteiger partial charge in [0, 0.05) is 35.0 Å². The predicted molar refractivity (Wildman–Crippen MR) is 160 cm³/mol. The third-order valence-corrected chi connectivity index (χ3v) is 8.67. The molecule has 1 N–H and O–H groups in total. The standard InChI is InChI=1S/C32H28FN3O7S/c1-42-24-15-9-20(10-16-24)28-27(30(37)21-7-13-23(14-8-21)36(40)41)26(25-4-3-17-44-25)29(35(28)32(39)43-2)31(38)34-18-19-5-11-22(33)12-6-19/h3-17,26-29H,18H2,1-2H3,(H,34,38). The van der Waals surface area contributed by atoms with Crippen molar-refractivity contribution in [3.8, 4) is 5.75 Å². The van der Waals surface area contributed by atoms with E-state index in [1.807, 2.05) is 5.38 Å². The Morgan fingerprint density at radius 2 is 1.66 bits per heavy atom. The molecule has 0 spiro atoms. The van der Waals surface area contributed by atoms with Gasteiger partial charge >= 0.3 is 6.09 Å². The molecule has 1 fully saturated rings. The number of likely N-dealkylation sites (tertiary alicyclic amines) is 1. The Labute approximate surface area is 256 Å². The minimum Gasteiger partial charge on any atom is -0.497 e. The molecule has 4 aromatic rings. The molecule has 5 rings (SSSR count). The summed E-state index contributed by atoms with van der Waals surface area (Å²) in [4.78, 5) is 54.8. The SMILES string of the molecule is COC(=O)N1C(C(=O)NCc2ccc(F)cc2)C(c2cccs2)C(C(=O)c2ccc([N+](=O)[O-])cc2)C1c1ccc(OC)cc1. The van der Waals surface area contributed by atoms with Crippen LogP contribution < -0.4 is 10.1 Å². The molecule has 0 radical (unpaired) electrons. The molecular weight excluding hydrogens is 589 g/mol. The van der Waals surface area contributed by atoms with Crippen LogP contribution in [0.5, 0.6) is 5.75 Å². The summed E-state index contributed by atoms with van der Waals surface area (Å²) in [5, 5.41) is 16.0. The van der Waals surface area contributed by atoms with Crippen molar-refractivity contribution in [3.05, 3.63) is 128 Å². The van der Waals surface area contributed by atoms with Gasteiger partial charge in [0.2, 0.25) is 5.91 Å². The molecule has 0 aliphatic carbocycles. The molecule has 0 bridgehead atoms. The van der Waals surface area contributed by atoms with E-state index in [1.165, 1.54) is 66.9 Å². The van der Waals surface area contributed by atoms with Gasteiger partial charge in [-0.2, -0.15) is 0 Å². The summed E-state index contributed by atoms with van der Waals surface area (Å²) in [6.45, 7) is 0.0515. The van der Waals surface area contributed by atoms with Gasteiger partial charge in [-0.15, -0.1) is 11.3 Å². The Bertz CT molecular complexity index is 1640. The average Bonchev–Trinajstić information content (AvgIpc) is 3.70. The number of hydrogen-bond donors (Lipinski definition) is 1.